The summed E-state index contributed by atoms with van der Waals surface area (Å²) in [5.74, 6) is -1.15. The number of nitrogens with zero attached hydrogens (tertiary/aromatic N) is 1. The number of aryl methyl sites for hydroxylation is 1. The summed E-state index contributed by atoms with van der Waals surface area (Å²) in [5, 5.41) is 46.6. The fraction of sp³-hybridized carbons (Fsp3) is 0.357. The van der Waals surface area contributed by atoms with Gasteiger partial charge in [0.1, 0.15) is 23.0 Å². The fourth-order valence-corrected chi connectivity index (χ4v) is 6.29. The van der Waals surface area contributed by atoms with Crippen molar-refractivity contribution in [3.8, 4) is 17.2 Å². The van der Waals surface area contributed by atoms with E-state index in [1.54, 1.807) is 20.8 Å². The Morgan fingerprint density at radius 1 is 0.917 bits per heavy atom. The molecular formula is C28H28N2O6. The lowest BCUT2D eigenvalue weighted by Crippen LogP contribution is -2.43. The number of rotatable bonds is 2. The number of phenolic OH excluding ortho intramolecular Hbond substituents is 3. The Bertz CT molecular complexity index is 1800. The smallest absolute Gasteiger partial charge is 0.198 e. The normalized spacial score (nSPS) is 18.3. The molecule has 186 valence electrons. The van der Waals surface area contributed by atoms with Crippen molar-refractivity contribution in [1.82, 2.24) is 4.90 Å². The van der Waals surface area contributed by atoms with E-state index in [0.29, 0.717) is 40.4 Å². The van der Waals surface area contributed by atoms with E-state index < -0.39 is 27.8 Å². The van der Waals surface area contributed by atoms with Crippen LogP contribution in [0.2, 0.25) is 0 Å². The first kappa shape index (κ1) is 22.8. The topological polar surface area (TPSA) is 144 Å². The van der Waals surface area contributed by atoms with Gasteiger partial charge in [0.25, 0.3) is 0 Å². The number of phenols is 3. The number of nitrogens with two attached hydrogens (primary N) is 1. The Morgan fingerprint density at radius 3 is 2.25 bits per heavy atom. The molecule has 1 saturated heterocycles. The van der Waals surface area contributed by atoms with E-state index in [1.807, 2.05) is 4.90 Å². The van der Waals surface area contributed by atoms with Crippen molar-refractivity contribution in [2.75, 3.05) is 13.1 Å². The molecule has 4 aromatic carbocycles. The molecule has 8 heteroatoms. The number of likely N-dealkylation sites (tertiary alicyclic amines) is 1. The summed E-state index contributed by atoms with van der Waals surface area (Å²) in [7, 11) is 0. The molecule has 0 aromatic heterocycles. The lowest BCUT2D eigenvalue weighted by atomic mass is 9.72. The standard InChI is InChI=1S/C28H28N2O6/c1-11-8-15(31)19-20-17(11)16(32)9-14-18(20)21-22(26(19)35)24(33)13(10-30-6-4-12(29)5-7-30)25(34)23(21)27(36)28(14,2)3/h8-9,12,32-33,35-36H,4-7,10,29H2,1-3H3. The van der Waals surface area contributed by atoms with Crippen molar-refractivity contribution in [3.05, 3.63) is 54.5 Å². The van der Waals surface area contributed by atoms with Crippen LogP contribution >= 0.6 is 0 Å². The Kier molecular flexibility index (Phi) is 4.57. The molecule has 0 amide bonds. The number of hydrogen-bond acceptors (Lipinski definition) is 8. The van der Waals surface area contributed by atoms with Crippen molar-refractivity contribution in [2.24, 2.45) is 5.73 Å². The average molecular weight is 489 g/mol. The molecule has 0 spiro atoms. The molecule has 8 nitrogen and oxygen atoms in total. The molecule has 1 heterocycles. The van der Waals surface area contributed by atoms with Gasteiger partial charge in [0.15, 0.2) is 10.9 Å². The fourth-order valence-electron chi connectivity index (χ4n) is 6.29. The Hall–Kier alpha value is -3.62. The highest BCUT2D eigenvalue weighted by Crippen LogP contribution is 2.51. The molecular weight excluding hydrogens is 460 g/mol. The van der Waals surface area contributed by atoms with Gasteiger partial charge in [-0.3, -0.25) is 14.5 Å². The van der Waals surface area contributed by atoms with Gasteiger partial charge in [-0.25, -0.2) is 0 Å². The summed E-state index contributed by atoms with van der Waals surface area (Å²) in [6, 6.07) is 2.98. The van der Waals surface area contributed by atoms with E-state index in [-0.39, 0.29) is 51.0 Å². The van der Waals surface area contributed by atoms with Crippen LogP contribution in [0.5, 0.6) is 17.2 Å². The molecule has 1 fully saturated rings. The highest BCUT2D eigenvalue weighted by atomic mass is 16.3. The lowest BCUT2D eigenvalue weighted by Gasteiger charge is -2.33. The van der Waals surface area contributed by atoms with Gasteiger partial charge in [-0.1, -0.05) is 0 Å². The highest BCUT2D eigenvalue weighted by Gasteiger charge is 2.38. The van der Waals surface area contributed by atoms with Crippen LogP contribution in [0.1, 0.15) is 43.4 Å². The third-order valence-electron chi connectivity index (χ3n) is 8.31. The second-order valence-electron chi connectivity index (χ2n) is 10.9. The minimum Gasteiger partial charge on any atom is -0.511 e. The van der Waals surface area contributed by atoms with Crippen molar-refractivity contribution in [1.29, 1.82) is 0 Å². The SMILES string of the molecule is Cc1cc(=O)c2c(O)c3c(O)c(CN4CCC(N)CC4)c(=O)c4c3c3c(cc(O)c1c23)C(C)(C)C=4O. The Labute approximate surface area is 205 Å². The maximum Gasteiger partial charge on any atom is 0.198 e. The summed E-state index contributed by atoms with van der Waals surface area (Å²) < 4.78 is 0. The quantitative estimate of drug-likeness (QED) is 0.214. The molecule has 2 aliphatic rings. The van der Waals surface area contributed by atoms with E-state index in [4.69, 9.17) is 5.73 Å². The van der Waals surface area contributed by atoms with E-state index in [2.05, 4.69) is 0 Å². The van der Waals surface area contributed by atoms with Crippen LogP contribution in [0.3, 0.4) is 0 Å². The van der Waals surface area contributed by atoms with Crippen molar-refractivity contribution in [3.63, 3.8) is 0 Å². The zero-order valence-electron chi connectivity index (χ0n) is 20.4. The number of aromatic hydroxyl groups is 3. The molecule has 0 radical (unpaired) electrons. The van der Waals surface area contributed by atoms with Gasteiger partial charge < -0.3 is 26.2 Å². The van der Waals surface area contributed by atoms with E-state index in [0.717, 1.165) is 12.8 Å². The third-order valence-corrected chi connectivity index (χ3v) is 8.31. The number of benzene rings is 4. The zero-order valence-corrected chi connectivity index (χ0v) is 20.4. The summed E-state index contributed by atoms with van der Waals surface area (Å²) in [5.41, 5.74) is 5.08. The molecule has 0 unspecified atom stereocenters. The zero-order chi connectivity index (χ0) is 25.8. The van der Waals surface area contributed by atoms with Gasteiger partial charge in [0.2, 0.25) is 0 Å². The number of aliphatic hydroxyl groups is 1. The van der Waals surface area contributed by atoms with Crippen LogP contribution in [0.25, 0.3) is 38.1 Å². The summed E-state index contributed by atoms with van der Waals surface area (Å²) in [6.45, 7) is 6.61. The molecule has 0 bridgehead atoms. The molecule has 6 rings (SSSR count). The molecule has 0 atom stereocenters. The molecule has 1 aliphatic heterocycles. The first-order valence-corrected chi connectivity index (χ1v) is 12.2. The summed E-state index contributed by atoms with van der Waals surface area (Å²) in [4.78, 5) is 29.1. The van der Waals surface area contributed by atoms with Gasteiger partial charge in [0.05, 0.1) is 21.6 Å². The van der Waals surface area contributed by atoms with Crippen LogP contribution in [0.15, 0.2) is 21.7 Å². The van der Waals surface area contributed by atoms with Gasteiger partial charge >= 0.3 is 0 Å². The van der Waals surface area contributed by atoms with E-state index in [1.165, 1.54) is 12.1 Å². The second-order valence-corrected chi connectivity index (χ2v) is 10.9. The van der Waals surface area contributed by atoms with E-state index >= 15 is 0 Å². The second kappa shape index (κ2) is 7.21. The summed E-state index contributed by atoms with van der Waals surface area (Å²) >= 11 is 0. The highest BCUT2D eigenvalue weighted by molar-refractivity contribution is 6.29. The molecule has 6 N–H and O–H groups in total. The van der Waals surface area contributed by atoms with Crippen LogP contribution in [-0.4, -0.2) is 44.5 Å². The van der Waals surface area contributed by atoms with Crippen LogP contribution < -0.4 is 21.8 Å². The Balaban J connectivity index is 1.86. The Morgan fingerprint density at radius 2 is 1.58 bits per heavy atom. The van der Waals surface area contributed by atoms with Crippen LogP contribution in [0.4, 0.5) is 0 Å². The largest absolute Gasteiger partial charge is 0.511 e. The maximum absolute atomic E-state index is 13.9. The maximum atomic E-state index is 13.9. The van der Waals surface area contributed by atoms with Gasteiger partial charge in [-0.15, -0.1) is 0 Å². The first-order chi connectivity index (χ1) is 16.9. The lowest BCUT2D eigenvalue weighted by molar-refractivity contribution is 0.203. The third kappa shape index (κ3) is 2.71. The average Bonchev–Trinajstić information content (AvgIpc) is 2.80. The minimum atomic E-state index is -1.08. The molecule has 4 aromatic rings. The summed E-state index contributed by atoms with van der Waals surface area (Å²) in [6.07, 6.45) is 1.52. The van der Waals surface area contributed by atoms with Crippen LogP contribution in [0, 0.1) is 6.92 Å². The predicted molar refractivity (Wildman–Crippen MR) is 139 cm³/mol. The minimum absolute atomic E-state index is 0.0159. The molecule has 36 heavy (non-hydrogen) atoms. The first-order valence-electron chi connectivity index (χ1n) is 12.2. The number of aliphatic hydroxyl groups excluding tert-OH is 1. The monoisotopic (exact) mass is 488 g/mol. The van der Waals surface area contributed by atoms with Gasteiger partial charge in [-0.05, 0) is 75.3 Å². The number of hydrogen-bond donors (Lipinski definition) is 5. The molecule has 0 saturated carbocycles. The van der Waals surface area contributed by atoms with Crippen molar-refractivity contribution >= 4 is 38.1 Å². The predicted octanol–water partition coefficient (Wildman–Crippen LogP) is 2.33. The van der Waals surface area contributed by atoms with Crippen molar-refractivity contribution in [2.45, 2.75) is 51.6 Å². The van der Waals surface area contributed by atoms with Crippen LogP contribution in [-0.2, 0) is 12.0 Å². The number of piperidine rings is 1. The van der Waals surface area contributed by atoms with Crippen molar-refractivity contribution < 1.29 is 20.4 Å². The van der Waals surface area contributed by atoms with Gasteiger partial charge in [-0.2, -0.15) is 0 Å². The molecule has 1 aliphatic carbocycles. The van der Waals surface area contributed by atoms with E-state index in [9.17, 15) is 30.0 Å². The van der Waals surface area contributed by atoms with Gasteiger partial charge in [0, 0.05) is 34.2 Å².